The fourth-order valence-corrected chi connectivity index (χ4v) is 4.18. The van der Waals surface area contributed by atoms with E-state index < -0.39 is 0 Å². The Hall–Kier alpha value is -4.06. The number of benzene rings is 1. The lowest BCUT2D eigenvalue weighted by molar-refractivity contribution is 0.171. The van der Waals surface area contributed by atoms with Crippen LogP contribution >= 0.6 is 0 Å². The zero-order valence-corrected chi connectivity index (χ0v) is 18.8. The van der Waals surface area contributed by atoms with Gasteiger partial charge >= 0.3 is 0 Å². The first-order chi connectivity index (χ1) is 16.1. The Morgan fingerprint density at radius 2 is 2.00 bits per heavy atom. The van der Waals surface area contributed by atoms with Crippen LogP contribution in [0.3, 0.4) is 0 Å². The lowest BCUT2D eigenvalue weighted by atomic mass is 9.95. The summed E-state index contributed by atoms with van der Waals surface area (Å²) in [4.78, 5) is 12.2. The molecule has 1 atom stereocenters. The maximum atomic E-state index is 9.62. The van der Waals surface area contributed by atoms with E-state index in [0.717, 1.165) is 39.5 Å². The summed E-state index contributed by atoms with van der Waals surface area (Å²) in [6.07, 6.45) is 3.24. The molecule has 0 aliphatic carbocycles. The highest BCUT2D eigenvalue weighted by atomic mass is 16.6. The van der Waals surface area contributed by atoms with Gasteiger partial charge in [-0.25, -0.2) is 9.97 Å². The normalized spacial score (nSPS) is 13.8. The highest BCUT2D eigenvalue weighted by Crippen LogP contribution is 2.37. The predicted molar refractivity (Wildman–Crippen MR) is 124 cm³/mol. The Balaban J connectivity index is 1.52. The minimum Gasteiger partial charge on any atom is -0.486 e. The number of rotatable bonds is 6. The van der Waals surface area contributed by atoms with Gasteiger partial charge in [0.05, 0.1) is 28.9 Å². The van der Waals surface area contributed by atoms with Gasteiger partial charge < -0.3 is 19.8 Å². The van der Waals surface area contributed by atoms with Gasteiger partial charge in [-0.2, -0.15) is 10.4 Å². The van der Waals surface area contributed by atoms with Gasteiger partial charge in [-0.05, 0) is 36.6 Å². The van der Waals surface area contributed by atoms with Crippen LogP contribution in [0.4, 0.5) is 5.82 Å². The molecule has 0 saturated carbocycles. The molecule has 0 unspecified atom stereocenters. The number of ether oxygens (including phenoxy) is 2. The largest absolute Gasteiger partial charge is 0.486 e. The molecule has 0 bridgehead atoms. The number of hydrogen-bond acceptors (Lipinski definition) is 7. The fraction of sp³-hybridized carbons (Fsp3) is 0.333. The van der Waals surface area contributed by atoms with Gasteiger partial charge in [0.2, 0.25) is 0 Å². The lowest BCUT2D eigenvalue weighted by Crippen LogP contribution is -2.19. The maximum absolute atomic E-state index is 9.62. The molecule has 4 aromatic rings. The average Bonchev–Trinajstić information content (AvgIpc) is 3.45. The Kier molecular flexibility index (Phi) is 5.34. The summed E-state index contributed by atoms with van der Waals surface area (Å²) in [5.74, 6) is 2.54. The van der Waals surface area contributed by atoms with Crippen LogP contribution in [0.25, 0.3) is 22.3 Å². The van der Waals surface area contributed by atoms with E-state index >= 15 is 0 Å². The van der Waals surface area contributed by atoms with E-state index in [2.05, 4.69) is 51.4 Å². The molecule has 4 heterocycles. The van der Waals surface area contributed by atoms with E-state index in [1.165, 1.54) is 6.33 Å². The SMILES string of the molecule is CCn1ncc(-c2cc3c(N[C@@H](c4ccc5c(c4)OCCO5)C(C)C)ncnc3[nH]2)c1C#N. The zero-order chi connectivity index (χ0) is 22.9. The molecular formula is C24H25N7O2. The minimum atomic E-state index is -0.00483. The van der Waals surface area contributed by atoms with Crippen molar-refractivity contribution in [1.29, 1.82) is 5.26 Å². The number of nitrogens with zero attached hydrogens (tertiary/aromatic N) is 5. The number of anilines is 1. The van der Waals surface area contributed by atoms with E-state index in [0.29, 0.717) is 31.1 Å². The van der Waals surface area contributed by atoms with Crippen LogP contribution < -0.4 is 14.8 Å². The third-order valence-corrected chi connectivity index (χ3v) is 5.84. The van der Waals surface area contributed by atoms with E-state index in [4.69, 9.17) is 9.47 Å². The fourth-order valence-electron chi connectivity index (χ4n) is 4.18. The molecule has 1 aliphatic rings. The van der Waals surface area contributed by atoms with E-state index in [-0.39, 0.29) is 12.0 Å². The molecule has 0 saturated heterocycles. The summed E-state index contributed by atoms with van der Waals surface area (Å²) < 4.78 is 13.1. The number of fused-ring (bicyclic) bond motifs is 2. The summed E-state index contributed by atoms with van der Waals surface area (Å²) in [7, 11) is 0. The third-order valence-electron chi connectivity index (χ3n) is 5.84. The second kappa shape index (κ2) is 8.47. The van der Waals surface area contributed by atoms with Crippen molar-refractivity contribution in [2.75, 3.05) is 18.5 Å². The molecule has 5 rings (SSSR count). The second-order valence-corrected chi connectivity index (χ2v) is 8.27. The molecule has 0 fully saturated rings. The van der Waals surface area contributed by atoms with Gasteiger partial charge in [-0.15, -0.1) is 0 Å². The van der Waals surface area contributed by atoms with Crippen LogP contribution in [0.5, 0.6) is 11.5 Å². The van der Waals surface area contributed by atoms with Crippen molar-refractivity contribution in [3.63, 3.8) is 0 Å². The number of aromatic nitrogens is 5. The van der Waals surface area contributed by atoms with Crippen molar-refractivity contribution < 1.29 is 9.47 Å². The van der Waals surface area contributed by atoms with Gasteiger partial charge in [-0.1, -0.05) is 19.9 Å². The molecule has 168 valence electrons. The Morgan fingerprint density at radius 1 is 1.18 bits per heavy atom. The highest BCUT2D eigenvalue weighted by molar-refractivity contribution is 5.92. The van der Waals surface area contributed by atoms with Gasteiger partial charge in [0.1, 0.15) is 42.8 Å². The molecule has 1 aromatic carbocycles. The van der Waals surface area contributed by atoms with Crippen LogP contribution in [0.15, 0.2) is 36.8 Å². The van der Waals surface area contributed by atoms with Crippen LogP contribution in [0.1, 0.15) is 38.1 Å². The summed E-state index contributed by atoms with van der Waals surface area (Å²) in [5.41, 5.74) is 3.83. The number of H-pyrrole nitrogens is 1. The predicted octanol–water partition coefficient (Wildman–Crippen LogP) is 4.29. The van der Waals surface area contributed by atoms with Gasteiger partial charge in [0.25, 0.3) is 0 Å². The number of aromatic amines is 1. The standard InChI is InChI=1S/C24H25N7O2/c1-4-31-19(11-25)17(12-28-31)18-10-16-23(29-18)26-13-27-24(16)30-22(14(2)3)15-5-6-20-21(9-15)33-8-7-32-20/h5-6,9-10,12-14,22H,4,7-8H2,1-3H3,(H2,26,27,29,30)/t22-/m1/s1. The van der Waals surface area contributed by atoms with Crippen LogP contribution in [-0.2, 0) is 6.54 Å². The van der Waals surface area contributed by atoms with Crippen molar-refractivity contribution >= 4 is 16.9 Å². The molecule has 9 nitrogen and oxygen atoms in total. The van der Waals surface area contributed by atoms with E-state index in [1.807, 2.05) is 25.1 Å². The molecule has 0 amide bonds. The first-order valence-corrected chi connectivity index (χ1v) is 11.0. The highest BCUT2D eigenvalue weighted by Gasteiger charge is 2.22. The van der Waals surface area contributed by atoms with Crippen molar-refractivity contribution in [3.8, 4) is 28.8 Å². The Bertz CT molecular complexity index is 1350. The number of nitriles is 1. The summed E-state index contributed by atoms with van der Waals surface area (Å²) >= 11 is 0. The molecule has 9 heteroatoms. The topological polar surface area (TPSA) is 114 Å². The molecule has 3 aromatic heterocycles. The number of aryl methyl sites for hydroxylation is 1. The minimum absolute atomic E-state index is 0.00483. The zero-order valence-electron chi connectivity index (χ0n) is 18.8. The summed E-state index contributed by atoms with van der Waals surface area (Å²) in [5, 5.41) is 18.4. The Morgan fingerprint density at radius 3 is 2.76 bits per heavy atom. The third kappa shape index (κ3) is 3.74. The van der Waals surface area contributed by atoms with Gasteiger partial charge in [0.15, 0.2) is 11.5 Å². The number of nitrogens with one attached hydrogen (secondary N) is 2. The van der Waals surface area contributed by atoms with E-state index in [1.54, 1.807) is 10.9 Å². The van der Waals surface area contributed by atoms with Crippen molar-refractivity contribution in [3.05, 3.63) is 48.0 Å². The van der Waals surface area contributed by atoms with Crippen molar-refractivity contribution in [2.45, 2.75) is 33.4 Å². The van der Waals surface area contributed by atoms with Crippen LogP contribution in [0.2, 0.25) is 0 Å². The molecule has 2 N–H and O–H groups in total. The quantitative estimate of drug-likeness (QED) is 0.457. The first-order valence-electron chi connectivity index (χ1n) is 11.0. The second-order valence-electron chi connectivity index (χ2n) is 8.27. The van der Waals surface area contributed by atoms with Crippen molar-refractivity contribution in [1.82, 2.24) is 24.7 Å². The smallest absolute Gasteiger partial charge is 0.161 e. The molecule has 0 radical (unpaired) electrons. The number of hydrogen-bond donors (Lipinski definition) is 2. The van der Waals surface area contributed by atoms with Gasteiger partial charge in [0, 0.05) is 6.54 Å². The maximum Gasteiger partial charge on any atom is 0.161 e. The Labute approximate surface area is 191 Å². The molecule has 33 heavy (non-hydrogen) atoms. The molecule has 1 aliphatic heterocycles. The summed E-state index contributed by atoms with van der Waals surface area (Å²) in [6.45, 7) is 8.02. The van der Waals surface area contributed by atoms with Gasteiger partial charge in [-0.3, -0.25) is 4.68 Å². The first kappa shape index (κ1) is 20.8. The molecular weight excluding hydrogens is 418 g/mol. The monoisotopic (exact) mass is 443 g/mol. The summed E-state index contributed by atoms with van der Waals surface area (Å²) in [6, 6.07) is 10.3. The molecule has 0 spiro atoms. The van der Waals surface area contributed by atoms with Crippen LogP contribution in [-0.4, -0.2) is 37.9 Å². The van der Waals surface area contributed by atoms with E-state index in [9.17, 15) is 5.26 Å². The van der Waals surface area contributed by atoms with Crippen LogP contribution in [0, 0.1) is 17.2 Å². The average molecular weight is 444 g/mol. The van der Waals surface area contributed by atoms with Crippen molar-refractivity contribution in [2.24, 2.45) is 5.92 Å². The lowest BCUT2D eigenvalue weighted by Gasteiger charge is -2.26.